The third-order valence-corrected chi connectivity index (χ3v) is 2.39. The van der Waals surface area contributed by atoms with Crippen molar-refractivity contribution in [1.82, 2.24) is 9.97 Å². The van der Waals surface area contributed by atoms with Gasteiger partial charge < -0.3 is 4.74 Å². The van der Waals surface area contributed by atoms with Gasteiger partial charge >= 0.3 is 0 Å². The average Bonchev–Trinajstić information content (AvgIpc) is 2.29. The van der Waals surface area contributed by atoms with E-state index in [9.17, 15) is 10.1 Å². The van der Waals surface area contributed by atoms with Crippen LogP contribution in [0.2, 0.25) is 0 Å². The standard InChI is InChI=1S/C10H6IN3O3/c11-10-12-6-5-9(13-10)17-8-3-1-7(2-4-8)14(15)16/h1-6H. The fourth-order valence-electron chi connectivity index (χ4n) is 1.13. The maximum atomic E-state index is 10.5. The second-order valence-corrected chi connectivity index (χ2v) is 3.98. The van der Waals surface area contributed by atoms with Crippen LogP contribution in [0.1, 0.15) is 0 Å². The van der Waals surface area contributed by atoms with Crippen LogP contribution >= 0.6 is 22.6 Å². The van der Waals surface area contributed by atoms with Gasteiger partial charge in [-0.3, -0.25) is 10.1 Å². The van der Waals surface area contributed by atoms with Gasteiger partial charge in [-0.05, 0) is 12.1 Å². The molecule has 2 rings (SSSR count). The quantitative estimate of drug-likeness (QED) is 0.371. The minimum Gasteiger partial charge on any atom is -0.439 e. The van der Waals surface area contributed by atoms with Crippen LogP contribution in [0.5, 0.6) is 11.6 Å². The first-order valence-corrected chi connectivity index (χ1v) is 5.64. The number of halogens is 1. The molecule has 0 unspecified atom stereocenters. The van der Waals surface area contributed by atoms with E-state index in [1.807, 2.05) is 22.6 Å². The molecule has 0 radical (unpaired) electrons. The lowest BCUT2D eigenvalue weighted by Gasteiger charge is -2.03. The maximum absolute atomic E-state index is 10.5. The van der Waals surface area contributed by atoms with Crippen LogP contribution in [0.4, 0.5) is 5.69 Å². The van der Waals surface area contributed by atoms with Gasteiger partial charge in [0.2, 0.25) is 5.88 Å². The van der Waals surface area contributed by atoms with E-state index >= 15 is 0 Å². The normalized spacial score (nSPS) is 9.94. The summed E-state index contributed by atoms with van der Waals surface area (Å²) in [5.41, 5.74) is 0.0228. The molecule has 0 fully saturated rings. The minimum absolute atomic E-state index is 0.0228. The van der Waals surface area contributed by atoms with Crippen LogP contribution in [0.25, 0.3) is 0 Å². The summed E-state index contributed by atoms with van der Waals surface area (Å²) in [7, 11) is 0. The molecule has 0 amide bonds. The molecule has 17 heavy (non-hydrogen) atoms. The van der Waals surface area contributed by atoms with Crippen LogP contribution in [-0.2, 0) is 0 Å². The summed E-state index contributed by atoms with van der Waals surface area (Å²) < 4.78 is 5.99. The number of rotatable bonds is 3. The third-order valence-electron chi connectivity index (χ3n) is 1.87. The fourth-order valence-corrected chi connectivity index (χ4v) is 1.53. The molecule has 0 N–H and O–H groups in total. The zero-order chi connectivity index (χ0) is 12.3. The maximum Gasteiger partial charge on any atom is 0.269 e. The van der Waals surface area contributed by atoms with E-state index in [0.717, 1.165) is 0 Å². The van der Waals surface area contributed by atoms with Crippen molar-refractivity contribution in [2.45, 2.75) is 0 Å². The third kappa shape index (κ3) is 3.09. The van der Waals surface area contributed by atoms with Gasteiger partial charge in [0.05, 0.1) is 4.92 Å². The van der Waals surface area contributed by atoms with Crippen LogP contribution in [-0.4, -0.2) is 14.9 Å². The highest BCUT2D eigenvalue weighted by atomic mass is 127. The highest BCUT2D eigenvalue weighted by Crippen LogP contribution is 2.22. The Hall–Kier alpha value is -1.77. The van der Waals surface area contributed by atoms with E-state index in [4.69, 9.17) is 4.74 Å². The van der Waals surface area contributed by atoms with Crippen LogP contribution in [0.3, 0.4) is 0 Å². The topological polar surface area (TPSA) is 78.2 Å². The molecule has 1 aromatic carbocycles. The molecular formula is C10H6IN3O3. The summed E-state index contributed by atoms with van der Waals surface area (Å²) in [6.07, 6.45) is 1.58. The molecule has 7 heteroatoms. The minimum atomic E-state index is -0.461. The molecule has 0 saturated heterocycles. The predicted octanol–water partition coefficient (Wildman–Crippen LogP) is 2.78. The Bertz CT molecular complexity index is 545. The Kier molecular flexibility index (Phi) is 3.47. The Balaban J connectivity index is 2.16. The number of nitro benzene ring substituents is 1. The van der Waals surface area contributed by atoms with Gasteiger partial charge in [-0.15, -0.1) is 0 Å². The number of non-ortho nitro benzene ring substituents is 1. The summed E-state index contributed by atoms with van der Waals surface area (Å²) in [6, 6.07) is 7.41. The number of aromatic nitrogens is 2. The predicted molar refractivity (Wildman–Crippen MR) is 67.9 cm³/mol. The molecule has 0 aliphatic heterocycles. The van der Waals surface area contributed by atoms with Gasteiger partial charge in [-0.25, -0.2) is 4.98 Å². The van der Waals surface area contributed by atoms with E-state index in [1.54, 1.807) is 12.3 Å². The number of hydrogen-bond acceptors (Lipinski definition) is 5. The van der Waals surface area contributed by atoms with Crippen molar-refractivity contribution in [1.29, 1.82) is 0 Å². The van der Waals surface area contributed by atoms with E-state index in [0.29, 0.717) is 15.5 Å². The van der Waals surface area contributed by atoms with Gasteiger partial charge in [0.25, 0.3) is 5.69 Å². The number of nitro groups is 1. The highest BCUT2D eigenvalue weighted by Gasteiger charge is 2.05. The molecule has 0 aliphatic rings. The van der Waals surface area contributed by atoms with Gasteiger partial charge in [0.15, 0.2) is 3.83 Å². The van der Waals surface area contributed by atoms with Crippen molar-refractivity contribution in [3.8, 4) is 11.6 Å². The largest absolute Gasteiger partial charge is 0.439 e. The van der Waals surface area contributed by atoms with Crippen LogP contribution in [0.15, 0.2) is 36.5 Å². The molecule has 2 aromatic rings. The number of ether oxygens (including phenoxy) is 1. The lowest BCUT2D eigenvalue weighted by molar-refractivity contribution is -0.384. The second-order valence-electron chi connectivity index (χ2n) is 3.02. The first-order chi connectivity index (χ1) is 8.15. The van der Waals surface area contributed by atoms with Crippen molar-refractivity contribution >= 4 is 28.3 Å². The monoisotopic (exact) mass is 343 g/mol. The first-order valence-electron chi connectivity index (χ1n) is 4.56. The molecule has 0 atom stereocenters. The van der Waals surface area contributed by atoms with Crippen LogP contribution in [0, 0.1) is 13.9 Å². The molecule has 6 nitrogen and oxygen atoms in total. The van der Waals surface area contributed by atoms with Crippen molar-refractivity contribution in [3.63, 3.8) is 0 Å². The first kappa shape index (κ1) is 11.7. The summed E-state index contributed by atoms with van der Waals surface area (Å²) >= 11 is 1.97. The van der Waals surface area contributed by atoms with E-state index < -0.39 is 4.92 Å². The van der Waals surface area contributed by atoms with Gasteiger partial charge in [-0.1, -0.05) is 0 Å². The second kappa shape index (κ2) is 5.04. The van der Waals surface area contributed by atoms with Crippen LogP contribution < -0.4 is 4.74 Å². The fraction of sp³-hybridized carbons (Fsp3) is 0. The van der Waals surface area contributed by atoms with Crippen molar-refractivity contribution < 1.29 is 9.66 Å². The number of hydrogen-bond donors (Lipinski definition) is 0. The molecule has 0 bridgehead atoms. The summed E-state index contributed by atoms with van der Waals surface area (Å²) in [5, 5.41) is 10.5. The van der Waals surface area contributed by atoms with Gasteiger partial charge in [0.1, 0.15) is 5.75 Å². The summed E-state index contributed by atoms with van der Waals surface area (Å²) in [4.78, 5) is 18.0. The zero-order valence-electron chi connectivity index (χ0n) is 8.41. The molecule has 1 aromatic heterocycles. The lowest BCUT2D eigenvalue weighted by Crippen LogP contribution is -1.92. The van der Waals surface area contributed by atoms with Crippen molar-refractivity contribution in [3.05, 3.63) is 50.5 Å². The Morgan fingerprint density at radius 2 is 1.94 bits per heavy atom. The van der Waals surface area contributed by atoms with Crippen molar-refractivity contribution in [2.24, 2.45) is 0 Å². The smallest absolute Gasteiger partial charge is 0.269 e. The molecule has 86 valence electrons. The molecule has 1 heterocycles. The van der Waals surface area contributed by atoms with E-state index in [1.165, 1.54) is 24.3 Å². The van der Waals surface area contributed by atoms with E-state index in [2.05, 4.69) is 9.97 Å². The highest BCUT2D eigenvalue weighted by molar-refractivity contribution is 14.1. The zero-order valence-corrected chi connectivity index (χ0v) is 10.6. The number of benzene rings is 1. The lowest BCUT2D eigenvalue weighted by atomic mass is 10.3. The SMILES string of the molecule is O=[N+]([O-])c1ccc(Oc2ccnc(I)n2)cc1. The molecule has 0 aliphatic carbocycles. The number of nitrogens with zero attached hydrogens (tertiary/aromatic N) is 3. The Labute approximate surface area is 110 Å². The Morgan fingerprint density at radius 1 is 1.24 bits per heavy atom. The summed E-state index contributed by atoms with van der Waals surface area (Å²) in [5.74, 6) is 0.892. The van der Waals surface area contributed by atoms with Gasteiger partial charge in [0, 0.05) is 47.0 Å². The molecular weight excluding hydrogens is 337 g/mol. The van der Waals surface area contributed by atoms with Crippen molar-refractivity contribution in [2.75, 3.05) is 0 Å². The average molecular weight is 343 g/mol. The molecule has 0 saturated carbocycles. The molecule has 0 spiro atoms. The van der Waals surface area contributed by atoms with Gasteiger partial charge in [-0.2, -0.15) is 4.98 Å². The summed E-state index contributed by atoms with van der Waals surface area (Å²) in [6.45, 7) is 0. The van der Waals surface area contributed by atoms with E-state index in [-0.39, 0.29) is 5.69 Å². The Morgan fingerprint density at radius 3 is 2.53 bits per heavy atom.